The summed E-state index contributed by atoms with van der Waals surface area (Å²) in [7, 11) is 0. The standard InChI is InChI=1S/C18H25FN2O2/c1-2-10-21(13-7-3-4-8-13)15-11-12-6-5-9-14(19)16(12)23-17(15)18(20)22/h5-6,9,13,15,17H,2-4,7-8,10-11H2,1H3,(H2,20,22). The summed E-state index contributed by atoms with van der Waals surface area (Å²) < 4.78 is 19.7. The van der Waals surface area contributed by atoms with Crippen molar-refractivity contribution in [2.75, 3.05) is 6.54 Å². The zero-order valence-electron chi connectivity index (χ0n) is 13.6. The predicted molar refractivity (Wildman–Crippen MR) is 86.8 cm³/mol. The zero-order valence-corrected chi connectivity index (χ0v) is 13.6. The molecule has 5 heteroatoms. The second-order valence-corrected chi connectivity index (χ2v) is 6.62. The van der Waals surface area contributed by atoms with Crippen molar-refractivity contribution in [2.45, 2.75) is 63.6 Å². The minimum Gasteiger partial charge on any atom is -0.476 e. The number of benzene rings is 1. The Kier molecular flexibility index (Phi) is 4.85. The molecule has 1 aromatic rings. The van der Waals surface area contributed by atoms with E-state index >= 15 is 0 Å². The number of para-hydroxylation sites is 1. The first-order chi connectivity index (χ1) is 11.1. The normalized spacial score (nSPS) is 24.5. The zero-order chi connectivity index (χ0) is 16.4. The van der Waals surface area contributed by atoms with Crippen molar-refractivity contribution < 1.29 is 13.9 Å². The van der Waals surface area contributed by atoms with Crippen LogP contribution in [0.15, 0.2) is 18.2 Å². The Morgan fingerprint density at radius 1 is 1.39 bits per heavy atom. The van der Waals surface area contributed by atoms with Crippen molar-refractivity contribution >= 4 is 5.91 Å². The van der Waals surface area contributed by atoms with Crippen LogP contribution in [-0.4, -0.2) is 35.5 Å². The molecule has 1 aromatic carbocycles. The van der Waals surface area contributed by atoms with Gasteiger partial charge in [0.1, 0.15) is 0 Å². The molecule has 1 fully saturated rings. The van der Waals surface area contributed by atoms with Gasteiger partial charge in [0.15, 0.2) is 17.7 Å². The lowest BCUT2D eigenvalue weighted by atomic mass is 9.93. The molecule has 1 aliphatic heterocycles. The summed E-state index contributed by atoms with van der Waals surface area (Å²) in [5.74, 6) is -0.742. The summed E-state index contributed by atoms with van der Waals surface area (Å²) >= 11 is 0. The van der Waals surface area contributed by atoms with Gasteiger partial charge >= 0.3 is 0 Å². The lowest BCUT2D eigenvalue weighted by Crippen LogP contribution is -2.57. The molecule has 2 atom stereocenters. The van der Waals surface area contributed by atoms with E-state index in [0.29, 0.717) is 12.5 Å². The fourth-order valence-corrected chi connectivity index (χ4v) is 4.04. The summed E-state index contributed by atoms with van der Waals surface area (Å²) in [5.41, 5.74) is 6.41. The number of carbonyl (C=O) groups excluding carboxylic acids is 1. The topological polar surface area (TPSA) is 55.6 Å². The van der Waals surface area contributed by atoms with E-state index in [1.54, 1.807) is 6.07 Å². The number of hydrogen-bond acceptors (Lipinski definition) is 3. The number of nitrogens with two attached hydrogens (primary N) is 1. The highest BCUT2D eigenvalue weighted by Crippen LogP contribution is 2.35. The Labute approximate surface area is 136 Å². The number of halogens is 1. The second kappa shape index (κ2) is 6.87. The van der Waals surface area contributed by atoms with Gasteiger partial charge in [-0.2, -0.15) is 0 Å². The highest BCUT2D eigenvalue weighted by Gasteiger charge is 2.41. The van der Waals surface area contributed by atoms with Gasteiger partial charge in [0.05, 0.1) is 6.04 Å². The van der Waals surface area contributed by atoms with E-state index in [1.165, 1.54) is 18.9 Å². The predicted octanol–water partition coefficient (Wildman–Crippen LogP) is 2.64. The lowest BCUT2D eigenvalue weighted by Gasteiger charge is -2.42. The number of nitrogens with zero attached hydrogens (tertiary/aromatic N) is 1. The van der Waals surface area contributed by atoms with E-state index in [9.17, 15) is 9.18 Å². The fourth-order valence-electron chi connectivity index (χ4n) is 4.04. The number of hydrogen-bond donors (Lipinski definition) is 1. The molecule has 4 nitrogen and oxygen atoms in total. The van der Waals surface area contributed by atoms with Crippen molar-refractivity contribution in [1.29, 1.82) is 0 Å². The molecule has 1 heterocycles. The number of amides is 1. The number of carbonyl (C=O) groups is 1. The Morgan fingerprint density at radius 3 is 2.78 bits per heavy atom. The van der Waals surface area contributed by atoms with E-state index in [2.05, 4.69) is 11.8 Å². The summed E-state index contributed by atoms with van der Waals surface area (Å²) in [4.78, 5) is 14.3. The van der Waals surface area contributed by atoms with Crippen molar-refractivity contribution in [2.24, 2.45) is 5.73 Å². The average Bonchev–Trinajstić information content (AvgIpc) is 3.06. The van der Waals surface area contributed by atoms with Crippen LogP contribution in [0.5, 0.6) is 5.75 Å². The van der Waals surface area contributed by atoms with Crippen molar-refractivity contribution in [1.82, 2.24) is 4.90 Å². The fraction of sp³-hybridized carbons (Fsp3) is 0.611. The van der Waals surface area contributed by atoms with Gasteiger partial charge in [-0.1, -0.05) is 31.9 Å². The molecule has 0 bridgehead atoms. The van der Waals surface area contributed by atoms with Gasteiger partial charge in [0.2, 0.25) is 0 Å². The molecule has 1 amide bonds. The maximum absolute atomic E-state index is 14.0. The molecule has 3 rings (SSSR count). The van der Waals surface area contributed by atoms with E-state index in [1.807, 2.05) is 6.07 Å². The third-order valence-corrected chi connectivity index (χ3v) is 5.05. The Hall–Kier alpha value is -1.62. The molecule has 126 valence electrons. The SMILES string of the molecule is CCCN(C1CCCC1)C1Cc2cccc(F)c2OC1C(N)=O. The number of primary amides is 1. The molecule has 0 radical (unpaired) electrons. The second-order valence-electron chi connectivity index (χ2n) is 6.62. The van der Waals surface area contributed by atoms with Crippen LogP contribution in [0.1, 0.15) is 44.6 Å². The van der Waals surface area contributed by atoms with Crippen LogP contribution in [0.3, 0.4) is 0 Å². The molecule has 0 saturated heterocycles. The van der Waals surface area contributed by atoms with E-state index < -0.39 is 17.8 Å². The number of rotatable bonds is 5. The smallest absolute Gasteiger partial charge is 0.260 e. The number of ether oxygens (including phenoxy) is 1. The summed E-state index contributed by atoms with van der Waals surface area (Å²) in [6, 6.07) is 5.29. The monoisotopic (exact) mass is 320 g/mol. The van der Waals surface area contributed by atoms with Gasteiger partial charge in [-0.25, -0.2) is 4.39 Å². The molecule has 0 aromatic heterocycles. The first kappa shape index (κ1) is 16.2. The Bertz CT molecular complexity index is 572. The Morgan fingerprint density at radius 2 is 2.13 bits per heavy atom. The molecular weight excluding hydrogens is 295 g/mol. The van der Waals surface area contributed by atoms with Gasteiger partial charge < -0.3 is 10.5 Å². The molecule has 23 heavy (non-hydrogen) atoms. The maximum atomic E-state index is 14.0. The third kappa shape index (κ3) is 3.20. The molecule has 2 unspecified atom stereocenters. The van der Waals surface area contributed by atoms with Crippen LogP contribution in [0, 0.1) is 5.82 Å². The molecule has 0 spiro atoms. The average molecular weight is 320 g/mol. The number of fused-ring (bicyclic) bond motifs is 1. The Balaban J connectivity index is 1.92. The molecule has 2 N–H and O–H groups in total. The minimum atomic E-state index is -0.786. The van der Waals surface area contributed by atoms with Crippen molar-refractivity contribution in [3.8, 4) is 5.75 Å². The summed E-state index contributed by atoms with van der Waals surface area (Å²) in [6.45, 7) is 3.05. The van der Waals surface area contributed by atoms with Crippen LogP contribution in [0.2, 0.25) is 0 Å². The largest absolute Gasteiger partial charge is 0.476 e. The maximum Gasteiger partial charge on any atom is 0.260 e. The summed E-state index contributed by atoms with van der Waals surface area (Å²) in [5, 5.41) is 0. The van der Waals surface area contributed by atoms with E-state index in [-0.39, 0.29) is 11.8 Å². The van der Waals surface area contributed by atoms with Gasteiger partial charge in [0, 0.05) is 6.04 Å². The molecule has 1 aliphatic carbocycles. The quantitative estimate of drug-likeness (QED) is 0.907. The highest BCUT2D eigenvalue weighted by molar-refractivity contribution is 5.80. The van der Waals surface area contributed by atoms with Gasteiger partial charge in [-0.3, -0.25) is 9.69 Å². The minimum absolute atomic E-state index is 0.107. The first-order valence-electron chi connectivity index (χ1n) is 8.61. The molecule has 2 aliphatic rings. The highest BCUT2D eigenvalue weighted by atomic mass is 19.1. The molecule has 1 saturated carbocycles. The first-order valence-corrected chi connectivity index (χ1v) is 8.61. The van der Waals surface area contributed by atoms with Crippen molar-refractivity contribution in [3.63, 3.8) is 0 Å². The van der Waals surface area contributed by atoms with Gasteiger partial charge in [-0.05, 0) is 43.9 Å². The van der Waals surface area contributed by atoms with Crippen LogP contribution >= 0.6 is 0 Å². The van der Waals surface area contributed by atoms with Gasteiger partial charge in [0.25, 0.3) is 5.91 Å². The van der Waals surface area contributed by atoms with Crippen LogP contribution < -0.4 is 10.5 Å². The summed E-state index contributed by atoms with van der Waals surface area (Å²) in [6.07, 6.45) is 5.59. The third-order valence-electron chi connectivity index (χ3n) is 5.05. The van der Waals surface area contributed by atoms with Crippen molar-refractivity contribution in [3.05, 3.63) is 29.6 Å². The van der Waals surface area contributed by atoms with E-state index in [4.69, 9.17) is 10.5 Å². The van der Waals surface area contributed by atoms with Crippen LogP contribution in [0.25, 0.3) is 0 Å². The van der Waals surface area contributed by atoms with Crippen LogP contribution in [-0.2, 0) is 11.2 Å². The van der Waals surface area contributed by atoms with E-state index in [0.717, 1.165) is 31.4 Å². The van der Waals surface area contributed by atoms with Gasteiger partial charge in [-0.15, -0.1) is 0 Å². The van der Waals surface area contributed by atoms with Crippen LogP contribution in [0.4, 0.5) is 4.39 Å². The molecular formula is C18H25FN2O2. The lowest BCUT2D eigenvalue weighted by molar-refractivity contribution is -0.129.